The minimum atomic E-state index is -6.09. The van der Waals surface area contributed by atoms with E-state index in [9.17, 15) is 26.3 Å². The third-order valence-corrected chi connectivity index (χ3v) is 4.95. The Hall–Kier alpha value is 0.00935. The van der Waals surface area contributed by atoms with Crippen LogP contribution in [-0.4, -0.2) is 67.6 Å². The molecule has 0 aliphatic heterocycles. The predicted octanol–water partition coefficient (Wildman–Crippen LogP) is 3.15. The molecule has 0 aromatic rings. The van der Waals surface area contributed by atoms with Crippen molar-refractivity contribution in [2.75, 3.05) is 26.2 Å². The Bertz CT molecular complexity index is 568. The Labute approximate surface area is 181 Å². The van der Waals surface area contributed by atoms with Crippen molar-refractivity contribution in [1.82, 2.24) is 0 Å². The zero-order valence-corrected chi connectivity index (χ0v) is 20.3. The van der Waals surface area contributed by atoms with Crippen molar-refractivity contribution in [2.45, 2.75) is 58.0 Å². The second-order valence-electron chi connectivity index (χ2n) is 5.52. The molecular formula is C13H26F6IrNO6S2-. The smallest absolute Gasteiger partial charge is 0.485 e. The number of rotatable bonds is 7. The fraction of sp³-hybridized carbons (Fsp3) is 1.00. The summed E-state index contributed by atoms with van der Waals surface area (Å²) in [5.41, 5.74) is -11.3. The van der Waals surface area contributed by atoms with Crippen molar-refractivity contribution in [3.63, 3.8) is 0 Å². The summed E-state index contributed by atoms with van der Waals surface area (Å²) < 4.78 is 119. The molecule has 0 fully saturated rings. The van der Waals surface area contributed by atoms with Crippen molar-refractivity contribution in [3.05, 3.63) is 0 Å². The maximum atomic E-state index is 10.7. The van der Waals surface area contributed by atoms with Crippen LogP contribution in [0.2, 0.25) is 0 Å². The van der Waals surface area contributed by atoms with Gasteiger partial charge in [-0.2, -0.15) is 26.3 Å². The van der Waals surface area contributed by atoms with E-state index in [0.29, 0.717) is 0 Å². The molecule has 0 spiro atoms. The molecule has 29 heavy (non-hydrogen) atoms. The average Bonchev–Trinajstić information content (AvgIpc) is 2.49. The van der Waals surface area contributed by atoms with Crippen LogP contribution in [0.3, 0.4) is 0 Å². The summed E-state index contributed by atoms with van der Waals surface area (Å²) in [4.78, 5) is 0. The first-order valence-electron chi connectivity index (χ1n) is 8.14. The average molecular weight is 663 g/mol. The molecule has 1 radical (unpaired) electrons. The topological polar surface area (TPSA) is 114 Å². The molecule has 0 aromatic carbocycles. The van der Waals surface area contributed by atoms with Crippen LogP contribution < -0.4 is 0 Å². The van der Waals surface area contributed by atoms with Gasteiger partial charge in [-0.15, -0.1) is 0 Å². The van der Waals surface area contributed by atoms with Gasteiger partial charge in [0.2, 0.25) is 0 Å². The summed E-state index contributed by atoms with van der Waals surface area (Å²) >= 11 is 0. The zero-order chi connectivity index (χ0) is 23.4. The maximum absolute atomic E-state index is 10.7. The molecule has 0 N–H and O–H groups in total. The van der Waals surface area contributed by atoms with E-state index in [-0.39, 0.29) is 20.1 Å². The Morgan fingerprint density at radius 3 is 1.07 bits per heavy atom. The molecule has 0 atom stereocenters. The summed E-state index contributed by atoms with van der Waals surface area (Å²) in [5.74, 6) is 0. The van der Waals surface area contributed by atoms with Crippen molar-refractivity contribution < 1.29 is 76.9 Å². The molecule has 0 heterocycles. The fourth-order valence-electron chi connectivity index (χ4n) is 1.84. The van der Waals surface area contributed by atoms with Crippen LogP contribution in [0.5, 0.6) is 0 Å². The Balaban J connectivity index is -0.000000164. The van der Waals surface area contributed by atoms with Crippen molar-refractivity contribution in [3.8, 4) is 0 Å². The van der Waals surface area contributed by atoms with Gasteiger partial charge in [0.1, 0.15) is 0 Å². The van der Waals surface area contributed by atoms with E-state index >= 15 is 0 Å². The molecule has 0 amide bonds. The quantitative estimate of drug-likeness (QED) is 0.136. The monoisotopic (exact) mass is 663 g/mol. The van der Waals surface area contributed by atoms with Gasteiger partial charge in [0.25, 0.3) is 0 Å². The number of quaternary nitrogens is 1. The Morgan fingerprint density at radius 1 is 0.690 bits per heavy atom. The van der Waals surface area contributed by atoms with E-state index in [2.05, 4.69) is 27.7 Å². The van der Waals surface area contributed by atoms with E-state index < -0.39 is 31.3 Å². The maximum Gasteiger partial charge on any atom is 0.485 e. The van der Waals surface area contributed by atoms with Crippen LogP contribution in [0.1, 0.15) is 47.0 Å². The van der Waals surface area contributed by atoms with Crippen LogP contribution in [0.25, 0.3) is 0 Å². The first-order chi connectivity index (χ1) is 12.2. The number of halogens is 6. The van der Waals surface area contributed by atoms with Gasteiger partial charge in [-0.25, -0.2) is 16.8 Å². The van der Waals surface area contributed by atoms with Crippen LogP contribution in [0.15, 0.2) is 0 Å². The number of alkyl halides is 6. The molecule has 0 bridgehead atoms. The Kier molecular flexibility index (Phi) is 18.7. The molecule has 0 rings (SSSR count). The van der Waals surface area contributed by atoms with Gasteiger partial charge in [0, 0.05) is 20.1 Å². The van der Waals surface area contributed by atoms with Gasteiger partial charge in [-0.05, 0) is 33.6 Å². The van der Waals surface area contributed by atoms with Crippen LogP contribution in [0, 0.1) is 0 Å². The molecule has 0 saturated heterocycles. The molecule has 16 heteroatoms. The number of hydrogen-bond donors (Lipinski definition) is 0. The molecule has 0 aromatic heterocycles. The summed E-state index contributed by atoms with van der Waals surface area (Å²) in [5, 5.41) is 0. The van der Waals surface area contributed by atoms with E-state index in [0.717, 1.165) is 0 Å². The van der Waals surface area contributed by atoms with Crippen LogP contribution >= 0.6 is 0 Å². The first-order valence-corrected chi connectivity index (χ1v) is 11.0. The van der Waals surface area contributed by atoms with Crippen LogP contribution in [-0.2, 0) is 40.3 Å². The van der Waals surface area contributed by atoms with Crippen molar-refractivity contribution >= 4 is 20.2 Å². The number of nitrogens with zero attached hydrogens (tertiary/aromatic N) is 1. The Morgan fingerprint density at radius 2 is 0.931 bits per heavy atom. The second-order valence-corrected chi connectivity index (χ2v) is 8.26. The van der Waals surface area contributed by atoms with Crippen molar-refractivity contribution in [2.24, 2.45) is 0 Å². The molecule has 0 saturated carbocycles. The summed E-state index contributed by atoms with van der Waals surface area (Å²) in [6, 6.07) is 0. The third-order valence-electron chi connectivity index (χ3n) is 3.82. The largest absolute Gasteiger partial charge is 0.741 e. The summed E-state index contributed by atoms with van der Waals surface area (Å²) in [6.07, 6.45) is 4.16. The molecule has 7 nitrogen and oxygen atoms in total. The van der Waals surface area contributed by atoms with Gasteiger partial charge < -0.3 is 13.6 Å². The minimum absolute atomic E-state index is 0. The second kappa shape index (κ2) is 14.9. The summed E-state index contributed by atoms with van der Waals surface area (Å²) in [7, 11) is -12.2. The third kappa shape index (κ3) is 17.4. The first kappa shape index (κ1) is 36.4. The van der Waals surface area contributed by atoms with Gasteiger partial charge in [0.15, 0.2) is 20.2 Å². The van der Waals surface area contributed by atoms with Crippen LogP contribution in [0.4, 0.5) is 26.3 Å². The van der Waals surface area contributed by atoms with Crippen molar-refractivity contribution in [1.29, 1.82) is 0 Å². The standard InChI is InChI=1S/C11H26N.2CHF3O3S.Ir/c1-5-9-10-11-12(6-2,7-3)8-4;2*2-1(3,4)8(5,6)7;/h5-11H2,1-4H3;2*(H,5,6,7);/q+1;;;/p-2. The predicted molar refractivity (Wildman–Crippen MR) is 87.8 cm³/mol. The molecule has 0 aliphatic rings. The number of unbranched alkanes of at least 4 members (excludes halogenated alkanes) is 2. The summed E-state index contributed by atoms with van der Waals surface area (Å²) in [6.45, 7) is 14.5. The molecule has 0 aliphatic carbocycles. The van der Waals surface area contributed by atoms with Gasteiger partial charge >= 0.3 is 11.0 Å². The SMILES string of the molecule is CCCCC[N+](CC)(CC)CC.O=S(=O)([O-])C(F)(F)F.O=S(=O)([O-])C(F)(F)F.[Ir]. The van der Waals surface area contributed by atoms with E-state index in [1.54, 1.807) is 0 Å². The zero-order valence-electron chi connectivity index (χ0n) is 16.3. The van der Waals surface area contributed by atoms with E-state index in [1.807, 2.05) is 0 Å². The fourth-order valence-corrected chi connectivity index (χ4v) is 1.84. The molecular weight excluding hydrogens is 636 g/mol. The minimum Gasteiger partial charge on any atom is -0.741 e. The van der Waals surface area contributed by atoms with Gasteiger partial charge in [-0.1, -0.05) is 13.3 Å². The normalized spacial score (nSPS) is 12.7. The molecule has 183 valence electrons. The van der Waals surface area contributed by atoms with E-state index in [1.165, 1.54) is 49.9 Å². The van der Waals surface area contributed by atoms with E-state index in [4.69, 9.17) is 25.9 Å². The van der Waals surface area contributed by atoms with Gasteiger partial charge in [-0.3, -0.25) is 0 Å². The number of hydrogen-bond acceptors (Lipinski definition) is 6. The molecule has 0 unspecified atom stereocenters. The van der Waals surface area contributed by atoms with Gasteiger partial charge in [0.05, 0.1) is 26.2 Å².